The second-order valence-corrected chi connectivity index (χ2v) is 8.13. The number of hydrogen-bond donors (Lipinski definition) is 0. The predicted molar refractivity (Wildman–Crippen MR) is 110 cm³/mol. The van der Waals surface area contributed by atoms with Gasteiger partial charge in [-0.3, -0.25) is 4.79 Å². The van der Waals surface area contributed by atoms with Crippen molar-refractivity contribution >= 4 is 23.4 Å². The summed E-state index contributed by atoms with van der Waals surface area (Å²) >= 11 is 1.53. The number of aromatic nitrogens is 4. The topological polar surface area (TPSA) is 66.6 Å². The number of carbonyl (C=O) groups excluding carboxylic acids is 1. The Balaban J connectivity index is 1.51. The first-order chi connectivity index (χ1) is 13.5. The van der Waals surface area contributed by atoms with Crippen molar-refractivity contribution in [2.24, 2.45) is 0 Å². The zero-order chi connectivity index (χ0) is 19.7. The molecule has 28 heavy (non-hydrogen) atoms. The van der Waals surface area contributed by atoms with Crippen LogP contribution in [-0.2, 0) is 5.75 Å². The summed E-state index contributed by atoms with van der Waals surface area (Å²) in [7, 11) is 2.09. The number of amides is 1. The van der Waals surface area contributed by atoms with E-state index in [1.54, 1.807) is 4.52 Å². The van der Waals surface area contributed by atoms with Crippen LogP contribution in [0.4, 0.5) is 0 Å². The number of piperazine rings is 1. The molecule has 0 saturated carbocycles. The van der Waals surface area contributed by atoms with Crippen molar-refractivity contribution in [3.8, 4) is 0 Å². The number of rotatable bonds is 4. The number of hydrogen-bond acceptors (Lipinski definition) is 6. The summed E-state index contributed by atoms with van der Waals surface area (Å²) in [5, 5.41) is 5.22. The number of aryl methyl sites for hydroxylation is 2. The molecule has 0 radical (unpaired) electrons. The highest BCUT2D eigenvalue weighted by Crippen LogP contribution is 2.24. The summed E-state index contributed by atoms with van der Waals surface area (Å²) < 4.78 is 1.76. The lowest BCUT2D eigenvalue weighted by atomic mass is 10.1. The molecule has 4 rings (SSSR count). The molecule has 8 heteroatoms. The Morgan fingerprint density at radius 1 is 1.11 bits per heavy atom. The van der Waals surface area contributed by atoms with Crippen molar-refractivity contribution in [3.63, 3.8) is 0 Å². The smallest absolute Gasteiger partial charge is 0.254 e. The van der Waals surface area contributed by atoms with Crippen molar-refractivity contribution in [3.05, 3.63) is 52.8 Å². The average Bonchev–Trinajstić information content (AvgIpc) is 3.10. The third-order valence-electron chi connectivity index (χ3n) is 4.99. The average molecular weight is 397 g/mol. The maximum atomic E-state index is 13.0. The van der Waals surface area contributed by atoms with Crippen molar-refractivity contribution in [1.82, 2.24) is 29.4 Å². The van der Waals surface area contributed by atoms with Crippen LogP contribution >= 0.6 is 11.8 Å². The summed E-state index contributed by atoms with van der Waals surface area (Å²) in [6.45, 7) is 7.33. The Kier molecular flexibility index (Phi) is 5.32. The van der Waals surface area contributed by atoms with Gasteiger partial charge >= 0.3 is 0 Å². The Morgan fingerprint density at radius 2 is 1.86 bits per heavy atom. The van der Waals surface area contributed by atoms with E-state index in [1.807, 2.05) is 49.1 Å². The van der Waals surface area contributed by atoms with E-state index in [-0.39, 0.29) is 5.91 Å². The number of carbonyl (C=O) groups is 1. The summed E-state index contributed by atoms with van der Waals surface area (Å²) in [6, 6.07) is 9.82. The molecule has 0 unspecified atom stereocenters. The fraction of sp³-hybridized carbons (Fsp3) is 0.400. The molecule has 3 heterocycles. The molecule has 1 aromatic carbocycles. The quantitative estimate of drug-likeness (QED) is 0.631. The molecule has 1 fully saturated rings. The molecule has 0 atom stereocenters. The predicted octanol–water partition coefficient (Wildman–Crippen LogP) is 2.42. The van der Waals surface area contributed by atoms with E-state index in [0.717, 1.165) is 48.7 Å². The van der Waals surface area contributed by atoms with E-state index in [4.69, 9.17) is 0 Å². The largest absolute Gasteiger partial charge is 0.336 e. The van der Waals surface area contributed by atoms with Crippen LogP contribution in [0.3, 0.4) is 0 Å². The highest BCUT2D eigenvalue weighted by atomic mass is 32.2. The molecule has 2 aromatic heterocycles. The van der Waals surface area contributed by atoms with E-state index in [0.29, 0.717) is 16.7 Å². The third-order valence-corrected chi connectivity index (χ3v) is 5.88. The summed E-state index contributed by atoms with van der Waals surface area (Å²) in [6.07, 6.45) is 0. The first-order valence-corrected chi connectivity index (χ1v) is 10.4. The first kappa shape index (κ1) is 18.9. The Morgan fingerprint density at radius 3 is 2.64 bits per heavy atom. The zero-order valence-corrected chi connectivity index (χ0v) is 17.2. The Labute approximate surface area is 168 Å². The van der Waals surface area contributed by atoms with Crippen LogP contribution in [0, 0.1) is 13.8 Å². The van der Waals surface area contributed by atoms with Gasteiger partial charge in [-0.2, -0.15) is 4.98 Å². The highest BCUT2D eigenvalue weighted by Gasteiger charge is 2.22. The zero-order valence-electron chi connectivity index (χ0n) is 16.4. The molecule has 7 nitrogen and oxygen atoms in total. The molecule has 1 amide bonds. The van der Waals surface area contributed by atoms with Gasteiger partial charge in [0.1, 0.15) is 0 Å². The number of fused-ring (bicyclic) bond motifs is 1. The van der Waals surface area contributed by atoms with Crippen molar-refractivity contribution in [1.29, 1.82) is 0 Å². The molecule has 1 aliphatic rings. The van der Waals surface area contributed by atoms with E-state index in [1.165, 1.54) is 11.8 Å². The molecule has 0 spiro atoms. The van der Waals surface area contributed by atoms with E-state index < -0.39 is 0 Å². The molecular formula is C20H24N6OS. The molecule has 0 N–H and O–H groups in total. The fourth-order valence-corrected chi connectivity index (χ4v) is 4.21. The third kappa shape index (κ3) is 3.88. The second kappa shape index (κ2) is 7.89. The minimum Gasteiger partial charge on any atom is -0.336 e. The van der Waals surface area contributed by atoms with Crippen LogP contribution < -0.4 is 0 Å². The van der Waals surface area contributed by atoms with Gasteiger partial charge in [-0.05, 0) is 38.6 Å². The molecule has 146 valence electrons. The minimum absolute atomic E-state index is 0.111. The van der Waals surface area contributed by atoms with Crippen LogP contribution in [0.15, 0.2) is 35.5 Å². The first-order valence-electron chi connectivity index (χ1n) is 9.41. The SMILES string of the molecule is Cc1cc(C)n2nc(SCc3ccccc3C(=O)N3CCN(C)CC3)nc2n1. The van der Waals surface area contributed by atoms with Gasteiger partial charge in [0, 0.05) is 48.9 Å². The number of nitrogens with zero attached hydrogens (tertiary/aromatic N) is 6. The van der Waals surface area contributed by atoms with Crippen LogP contribution in [0.25, 0.3) is 5.78 Å². The summed E-state index contributed by atoms with van der Waals surface area (Å²) in [5.41, 5.74) is 3.72. The van der Waals surface area contributed by atoms with Crippen molar-refractivity contribution < 1.29 is 4.79 Å². The van der Waals surface area contributed by atoms with Crippen molar-refractivity contribution in [2.45, 2.75) is 24.8 Å². The monoisotopic (exact) mass is 396 g/mol. The standard InChI is InChI=1S/C20H24N6OS/c1-14-12-15(2)26-19(21-14)22-20(23-26)28-13-16-6-4-5-7-17(16)18(27)25-10-8-24(3)9-11-25/h4-7,12H,8-11,13H2,1-3H3. The summed E-state index contributed by atoms with van der Waals surface area (Å²) in [5.74, 6) is 1.37. The number of benzene rings is 1. The minimum atomic E-state index is 0.111. The maximum Gasteiger partial charge on any atom is 0.254 e. The van der Waals surface area contributed by atoms with Crippen LogP contribution in [0.5, 0.6) is 0 Å². The lowest BCUT2D eigenvalue weighted by Crippen LogP contribution is -2.47. The van der Waals surface area contributed by atoms with Gasteiger partial charge in [-0.15, -0.1) is 5.10 Å². The van der Waals surface area contributed by atoms with Crippen molar-refractivity contribution in [2.75, 3.05) is 33.2 Å². The Hall–Kier alpha value is -2.45. The number of likely N-dealkylation sites (N-methyl/N-ethyl adjacent to an activating group) is 1. The van der Waals surface area contributed by atoms with Gasteiger partial charge in [0.25, 0.3) is 11.7 Å². The number of thioether (sulfide) groups is 1. The molecule has 1 saturated heterocycles. The lowest BCUT2D eigenvalue weighted by Gasteiger charge is -2.32. The van der Waals surface area contributed by atoms with Crippen LogP contribution in [0.1, 0.15) is 27.3 Å². The van der Waals surface area contributed by atoms with Gasteiger partial charge in [0.2, 0.25) is 5.16 Å². The Bertz CT molecular complexity index is 1010. The van der Waals surface area contributed by atoms with Gasteiger partial charge in [0.15, 0.2) is 0 Å². The molecular weight excluding hydrogens is 372 g/mol. The van der Waals surface area contributed by atoms with Gasteiger partial charge < -0.3 is 9.80 Å². The second-order valence-electron chi connectivity index (χ2n) is 7.19. The maximum absolute atomic E-state index is 13.0. The van der Waals surface area contributed by atoms with Gasteiger partial charge in [0.05, 0.1) is 0 Å². The molecule has 0 aliphatic carbocycles. The van der Waals surface area contributed by atoms with Gasteiger partial charge in [-0.25, -0.2) is 9.50 Å². The van der Waals surface area contributed by atoms with Crippen LogP contribution in [0.2, 0.25) is 0 Å². The van der Waals surface area contributed by atoms with E-state index in [2.05, 4.69) is 27.0 Å². The lowest BCUT2D eigenvalue weighted by molar-refractivity contribution is 0.0663. The van der Waals surface area contributed by atoms with E-state index >= 15 is 0 Å². The van der Waals surface area contributed by atoms with E-state index in [9.17, 15) is 4.79 Å². The normalized spacial score (nSPS) is 15.3. The molecule has 3 aromatic rings. The van der Waals surface area contributed by atoms with Crippen LogP contribution in [-0.4, -0.2) is 68.5 Å². The summed E-state index contributed by atoms with van der Waals surface area (Å²) in [4.78, 5) is 26.2. The van der Waals surface area contributed by atoms with Gasteiger partial charge in [-0.1, -0.05) is 30.0 Å². The molecule has 0 bridgehead atoms. The highest BCUT2D eigenvalue weighted by molar-refractivity contribution is 7.98. The fourth-order valence-electron chi connectivity index (χ4n) is 3.39. The molecule has 1 aliphatic heterocycles.